The fraction of sp³-hybridized carbons (Fsp3) is 0.900. The molecular formula is C10H21N3O2. The lowest BCUT2D eigenvalue weighted by molar-refractivity contribution is -0.137. The van der Waals surface area contributed by atoms with Crippen molar-refractivity contribution in [2.45, 2.75) is 0 Å². The fourth-order valence-corrected chi connectivity index (χ4v) is 1.61. The fourth-order valence-electron chi connectivity index (χ4n) is 1.61. The molecule has 0 radical (unpaired) electrons. The smallest absolute Gasteiger partial charge is 0.228 e. The zero-order chi connectivity index (χ0) is 11.1. The molecule has 0 saturated carbocycles. The molecule has 15 heavy (non-hydrogen) atoms. The van der Waals surface area contributed by atoms with E-state index in [1.54, 1.807) is 14.2 Å². The lowest BCUT2D eigenvalue weighted by Gasteiger charge is -2.34. The lowest BCUT2D eigenvalue weighted by Crippen LogP contribution is -2.55. The maximum Gasteiger partial charge on any atom is 0.228 e. The van der Waals surface area contributed by atoms with Gasteiger partial charge in [-0.05, 0) is 0 Å². The van der Waals surface area contributed by atoms with Crippen LogP contribution in [0.25, 0.3) is 0 Å². The van der Waals surface area contributed by atoms with E-state index < -0.39 is 0 Å². The Labute approximate surface area is 91.2 Å². The van der Waals surface area contributed by atoms with Crippen molar-refractivity contribution >= 4 is 5.91 Å². The van der Waals surface area contributed by atoms with Gasteiger partial charge in [0.2, 0.25) is 5.91 Å². The largest absolute Gasteiger partial charge is 0.388 e. The number of nitrogens with one attached hydrogen (secondary N) is 2. The van der Waals surface area contributed by atoms with Crippen molar-refractivity contribution in [3.8, 4) is 0 Å². The molecule has 5 heteroatoms. The zero-order valence-electron chi connectivity index (χ0n) is 9.58. The monoisotopic (exact) mass is 215 g/mol. The van der Waals surface area contributed by atoms with Gasteiger partial charge in [0.25, 0.3) is 0 Å². The summed E-state index contributed by atoms with van der Waals surface area (Å²) in [7, 11) is 3.25. The van der Waals surface area contributed by atoms with Crippen LogP contribution >= 0.6 is 0 Å². The first kappa shape index (κ1) is 12.4. The number of piperazine rings is 1. The lowest BCUT2D eigenvalue weighted by atomic mass is 10.0. The maximum atomic E-state index is 11.6. The number of hydrogen-bond acceptors (Lipinski definition) is 4. The molecule has 0 unspecified atom stereocenters. The first-order chi connectivity index (χ1) is 7.29. The minimum absolute atomic E-state index is 0.267. The van der Waals surface area contributed by atoms with E-state index >= 15 is 0 Å². The van der Waals surface area contributed by atoms with Crippen LogP contribution in [0.4, 0.5) is 0 Å². The Kier molecular flexibility index (Phi) is 5.60. The summed E-state index contributed by atoms with van der Waals surface area (Å²) >= 11 is 0. The van der Waals surface area contributed by atoms with E-state index in [-0.39, 0.29) is 5.92 Å². The highest BCUT2D eigenvalue weighted by atomic mass is 16.4. The Morgan fingerprint density at radius 1 is 1.20 bits per heavy atom. The van der Waals surface area contributed by atoms with Crippen LogP contribution < -0.4 is 10.6 Å². The number of amides is 1. The molecule has 0 aromatic carbocycles. The van der Waals surface area contributed by atoms with Crippen LogP contribution in [-0.2, 0) is 9.53 Å². The molecule has 2 rings (SSSR count). The minimum Gasteiger partial charge on any atom is -0.388 e. The quantitative estimate of drug-likeness (QED) is 0.583. The van der Waals surface area contributed by atoms with Crippen LogP contribution in [0.5, 0.6) is 0 Å². The van der Waals surface area contributed by atoms with Gasteiger partial charge in [-0.25, -0.2) is 0 Å². The topological polar surface area (TPSA) is 53.6 Å². The molecule has 1 amide bonds. The summed E-state index contributed by atoms with van der Waals surface area (Å²) < 4.78 is 4.25. The van der Waals surface area contributed by atoms with Crippen molar-refractivity contribution in [2.75, 3.05) is 53.5 Å². The highest BCUT2D eigenvalue weighted by Gasteiger charge is 2.29. The SMILES string of the molecule is COC.O=C(C1CNC1)N1CCNCC1. The van der Waals surface area contributed by atoms with Gasteiger partial charge < -0.3 is 20.3 Å². The van der Waals surface area contributed by atoms with E-state index in [1.165, 1.54) is 0 Å². The molecular weight excluding hydrogens is 194 g/mol. The molecule has 0 aliphatic carbocycles. The van der Waals surface area contributed by atoms with E-state index in [1.807, 2.05) is 4.90 Å². The summed E-state index contributed by atoms with van der Waals surface area (Å²) in [6.45, 7) is 5.42. The number of carbonyl (C=O) groups is 1. The molecule has 0 bridgehead atoms. The van der Waals surface area contributed by atoms with Gasteiger partial charge in [-0.3, -0.25) is 4.79 Å². The molecule has 0 atom stereocenters. The molecule has 0 aromatic rings. The summed E-state index contributed by atoms with van der Waals surface area (Å²) in [4.78, 5) is 13.6. The molecule has 2 N–H and O–H groups in total. The number of rotatable bonds is 1. The van der Waals surface area contributed by atoms with Crippen LogP contribution in [0.1, 0.15) is 0 Å². The van der Waals surface area contributed by atoms with Crippen LogP contribution in [0, 0.1) is 5.92 Å². The summed E-state index contributed by atoms with van der Waals surface area (Å²) in [6.07, 6.45) is 0. The van der Waals surface area contributed by atoms with Crippen molar-refractivity contribution in [1.29, 1.82) is 0 Å². The number of ether oxygens (including phenoxy) is 1. The Morgan fingerprint density at radius 2 is 1.73 bits per heavy atom. The van der Waals surface area contributed by atoms with Crippen LogP contribution in [0.15, 0.2) is 0 Å². The summed E-state index contributed by atoms with van der Waals surface area (Å²) in [6, 6.07) is 0. The van der Waals surface area contributed by atoms with Gasteiger partial charge >= 0.3 is 0 Å². The molecule has 5 nitrogen and oxygen atoms in total. The van der Waals surface area contributed by atoms with E-state index in [0.29, 0.717) is 5.91 Å². The average molecular weight is 215 g/mol. The van der Waals surface area contributed by atoms with Crippen molar-refractivity contribution in [3.05, 3.63) is 0 Å². The van der Waals surface area contributed by atoms with Gasteiger partial charge in [-0.2, -0.15) is 0 Å². The van der Waals surface area contributed by atoms with E-state index in [2.05, 4.69) is 15.4 Å². The van der Waals surface area contributed by atoms with Gasteiger partial charge in [0.05, 0.1) is 5.92 Å². The third-order valence-corrected chi connectivity index (χ3v) is 2.56. The van der Waals surface area contributed by atoms with Gasteiger partial charge in [0, 0.05) is 53.5 Å². The average Bonchev–Trinajstić information content (AvgIpc) is 2.18. The van der Waals surface area contributed by atoms with Crippen LogP contribution in [-0.4, -0.2) is 64.3 Å². The zero-order valence-corrected chi connectivity index (χ0v) is 9.58. The Morgan fingerprint density at radius 3 is 2.13 bits per heavy atom. The van der Waals surface area contributed by atoms with E-state index in [9.17, 15) is 4.79 Å². The first-order valence-corrected chi connectivity index (χ1v) is 5.40. The predicted molar refractivity (Wildman–Crippen MR) is 58.7 cm³/mol. The van der Waals surface area contributed by atoms with Crippen molar-refractivity contribution in [3.63, 3.8) is 0 Å². The standard InChI is InChI=1S/C8H15N3O.C2H6O/c12-8(7-5-10-6-7)11-3-1-9-2-4-11;1-3-2/h7,9-10H,1-6H2;1-2H3. The third kappa shape index (κ3) is 3.77. The minimum atomic E-state index is 0.267. The van der Waals surface area contributed by atoms with Gasteiger partial charge in [-0.15, -0.1) is 0 Å². The van der Waals surface area contributed by atoms with Crippen molar-refractivity contribution < 1.29 is 9.53 Å². The van der Waals surface area contributed by atoms with Gasteiger partial charge in [0.1, 0.15) is 0 Å². The highest BCUT2D eigenvalue weighted by Crippen LogP contribution is 2.08. The Balaban J connectivity index is 0.000000337. The number of nitrogens with zero attached hydrogens (tertiary/aromatic N) is 1. The van der Waals surface area contributed by atoms with Crippen molar-refractivity contribution in [2.24, 2.45) is 5.92 Å². The third-order valence-electron chi connectivity index (χ3n) is 2.56. The van der Waals surface area contributed by atoms with E-state index in [0.717, 1.165) is 39.3 Å². The molecule has 2 fully saturated rings. The summed E-state index contributed by atoms with van der Waals surface area (Å²) in [5.41, 5.74) is 0. The maximum absolute atomic E-state index is 11.6. The molecule has 0 spiro atoms. The summed E-state index contributed by atoms with van der Waals surface area (Å²) in [5, 5.41) is 6.35. The predicted octanol–water partition coefficient (Wildman–Crippen LogP) is -1.10. The highest BCUT2D eigenvalue weighted by molar-refractivity contribution is 5.80. The Bertz CT molecular complexity index is 189. The first-order valence-electron chi connectivity index (χ1n) is 5.40. The normalized spacial score (nSPS) is 21.3. The molecule has 2 heterocycles. The van der Waals surface area contributed by atoms with Crippen LogP contribution in [0.2, 0.25) is 0 Å². The number of hydrogen-bond donors (Lipinski definition) is 2. The number of methoxy groups -OCH3 is 1. The Hall–Kier alpha value is -0.650. The molecule has 0 aromatic heterocycles. The second kappa shape index (κ2) is 6.76. The van der Waals surface area contributed by atoms with Crippen molar-refractivity contribution in [1.82, 2.24) is 15.5 Å². The molecule has 2 aliphatic heterocycles. The van der Waals surface area contributed by atoms with Gasteiger partial charge in [0.15, 0.2) is 0 Å². The molecule has 2 aliphatic rings. The molecule has 88 valence electrons. The van der Waals surface area contributed by atoms with E-state index in [4.69, 9.17) is 0 Å². The van der Waals surface area contributed by atoms with Crippen LogP contribution in [0.3, 0.4) is 0 Å². The molecule has 2 saturated heterocycles. The second-order valence-electron chi connectivity index (χ2n) is 3.84. The number of carbonyl (C=O) groups excluding carboxylic acids is 1. The summed E-state index contributed by atoms with van der Waals surface area (Å²) in [5.74, 6) is 0.610. The second-order valence-corrected chi connectivity index (χ2v) is 3.84. The van der Waals surface area contributed by atoms with Gasteiger partial charge in [-0.1, -0.05) is 0 Å².